The highest BCUT2D eigenvalue weighted by Gasteiger charge is 2.10. The van der Waals surface area contributed by atoms with E-state index in [4.69, 9.17) is 4.74 Å². The fourth-order valence-electron chi connectivity index (χ4n) is 5.22. The molecule has 1 aliphatic rings. The fraction of sp³-hybridized carbons (Fsp3) is 0.235. The number of H-pyrrole nitrogens is 4. The van der Waals surface area contributed by atoms with Crippen LogP contribution < -0.4 is 26.1 Å². The summed E-state index contributed by atoms with van der Waals surface area (Å²) in [4.78, 5) is 14.2. The largest absolute Gasteiger partial charge is 0.494 e. The lowest BCUT2D eigenvalue weighted by Crippen LogP contribution is -2.10. The van der Waals surface area contributed by atoms with Crippen LogP contribution in [0.15, 0.2) is 66.7 Å². The normalized spacial score (nSPS) is 12.2. The molecule has 8 bridgehead atoms. The second-order valence-electron chi connectivity index (χ2n) is 10.4. The average molecular weight is 596 g/mol. The standard InChI is InChI=1S/C34H35BrN4O/c35-16-5-3-1-2-4-6-17-40-32-9-7-8-24(18-32)33-22-31-21-29-13-12-27(37-29)19-25-10-11-26(36-25)20-28-14-15-30(38-28)23-34(33)39-31/h7-15,18-23,36-39H,1-6,16-17H2. The highest BCUT2D eigenvalue weighted by atomic mass is 79.9. The van der Waals surface area contributed by atoms with Gasteiger partial charge in [-0.15, -0.1) is 0 Å². The zero-order valence-corrected chi connectivity index (χ0v) is 24.2. The summed E-state index contributed by atoms with van der Waals surface area (Å²) in [6, 6.07) is 23.3. The van der Waals surface area contributed by atoms with E-state index >= 15 is 0 Å². The third-order valence-electron chi connectivity index (χ3n) is 7.24. The molecule has 6 rings (SSSR count). The van der Waals surface area contributed by atoms with Crippen molar-refractivity contribution in [2.45, 2.75) is 38.5 Å². The number of unbranched alkanes of at least 4 members (excludes halogenated alkanes) is 5. The molecule has 0 unspecified atom stereocenters. The Morgan fingerprint density at radius 1 is 0.550 bits per heavy atom. The van der Waals surface area contributed by atoms with Gasteiger partial charge in [0.2, 0.25) is 0 Å². The van der Waals surface area contributed by atoms with Gasteiger partial charge in [-0.2, -0.15) is 0 Å². The molecule has 0 radical (unpaired) electrons. The van der Waals surface area contributed by atoms with E-state index in [1.807, 2.05) is 0 Å². The van der Waals surface area contributed by atoms with E-state index in [1.54, 1.807) is 0 Å². The van der Waals surface area contributed by atoms with E-state index in [9.17, 15) is 0 Å². The second kappa shape index (κ2) is 12.5. The first-order valence-corrected chi connectivity index (χ1v) is 15.3. The molecule has 0 atom stereocenters. The molecule has 0 amide bonds. The number of halogens is 1. The maximum absolute atomic E-state index is 6.16. The number of aromatic amines is 4. The Morgan fingerprint density at radius 2 is 1.18 bits per heavy atom. The number of hydrogen-bond donors (Lipinski definition) is 4. The number of alkyl halides is 1. The molecule has 0 spiro atoms. The van der Waals surface area contributed by atoms with Gasteiger partial charge in [-0.1, -0.05) is 53.7 Å². The maximum atomic E-state index is 6.16. The minimum atomic E-state index is 0.753. The van der Waals surface area contributed by atoms with Crippen molar-refractivity contribution >= 4 is 40.2 Å². The molecule has 5 heterocycles. The molecular weight excluding hydrogens is 560 g/mol. The lowest BCUT2D eigenvalue weighted by Gasteiger charge is -2.08. The maximum Gasteiger partial charge on any atom is 0.119 e. The summed E-state index contributed by atoms with van der Waals surface area (Å²) in [5, 5.41) is 5.29. The third-order valence-corrected chi connectivity index (χ3v) is 7.80. The topological polar surface area (TPSA) is 72.4 Å². The van der Waals surface area contributed by atoms with Crippen LogP contribution >= 0.6 is 15.9 Å². The van der Waals surface area contributed by atoms with Gasteiger partial charge in [0.1, 0.15) is 5.75 Å². The van der Waals surface area contributed by atoms with Crippen LogP contribution in [0.2, 0.25) is 0 Å². The highest BCUT2D eigenvalue weighted by Crippen LogP contribution is 2.29. The van der Waals surface area contributed by atoms with Gasteiger partial charge in [0, 0.05) is 55.1 Å². The summed E-state index contributed by atoms with van der Waals surface area (Å²) >= 11 is 3.51. The van der Waals surface area contributed by atoms with Gasteiger partial charge in [-0.25, -0.2) is 0 Å². The van der Waals surface area contributed by atoms with Crippen LogP contribution in [-0.4, -0.2) is 31.9 Å². The van der Waals surface area contributed by atoms with Gasteiger partial charge >= 0.3 is 0 Å². The predicted molar refractivity (Wildman–Crippen MR) is 168 cm³/mol. The Balaban J connectivity index is 1.30. The average Bonchev–Trinajstić information content (AvgIpc) is 3.76. The fourth-order valence-corrected chi connectivity index (χ4v) is 5.62. The van der Waals surface area contributed by atoms with Crippen molar-refractivity contribution in [2.24, 2.45) is 0 Å². The zero-order valence-electron chi connectivity index (χ0n) is 22.6. The van der Waals surface area contributed by atoms with Crippen molar-refractivity contribution in [3.05, 3.63) is 111 Å². The van der Waals surface area contributed by atoms with Crippen molar-refractivity contribution < 1.29 is 4.74 Å². The molecule has 4 N–H and O–H groups in total. The number of hydrogen-bond acceptors (Lipinski definition) is 1. The lowest BCUT2D eigenvalue weighted by molar-refractivity contribution is 0.304. The molecule has 6 heteroatoms. The van der Waals surface area contributed by atoms with E-state index < -0.39 is 0 Å². The van der Waals surface area contributed by atoms with Gasteiger partial charge in [0.15, 0.2) is 0 Å². The second-order valence-corrected chi connectivity index (χ2v) is 11.2. The molecule has 0 saturated carbocycles. The number of rotatable bonds is 10. The molecule has 0 saturated heterocycles. The van der Waals surface area contributed by atoms with Crippen LogP contribution in [0.1, 0.15) is 61.3 Å². The number of fused-ring (bicyclic) bond motifs is 8. The number of nitrogens with one attached hydrogen (secondary N) is 4. The van der Waals surface area contributed by atoms with E-state index in [1.165, 1.54) is 32.1 Å². The molecule has 1 aliphatic heterocycles. The van der Waals surface area contributed by atoms with E-state index in [0.29, 0.717) is 0 Å². The molecule has 5 nitrogen and oxygen atoms in total. The Kier molecular flexibility index (Phi) is 8.24. The van der Waals surface area contributed by atoms with Gasteiger partial charge in [0.25, 0.3) is 0 Å². The molecule has 0 fully saturated rings. The molecule has 4 aromatic heterocycles. The van der Waals surface area contributed by atoms with E-state index in [-0.39, 0.29) is 0 Å². The van der Waals surface area contributed by atoms with Crippen LogP contribution in [0, 0.1) is 0 Å². The Morgan fingerprint density at radius 3 is 1.88 bits per heavy atom. The first kappa shape index (κ1) is 26.3. The van der Waals surface area contributed by atoms with Gasteiger partial charge in [-0.3, -0.25) is 0 Å². The Bertz CT molecular complexity index is 1820. The summed E-state index contributed by atoms with van der Waals surface area (Å²) in [6.07, 6.45) is 16.0. The van der Waals surface area contributed by atoms with Gasteiger partial charge in [-0.05, 0) is 97.3 Å². The number of ether oxygens (including phenoxy) is 1. The predicted octanol–water partition coefficient (Wildman–Crippen LogP) is 5.41. The number of aromatic nitrogens is 4. The number of benzene rings is 1. The summed E-state index contributed by atoms with van der Waals surface area (Å²) in [5.41, 5.74) is 6.47. The van der Waals surface area contributed by atoms with Crippen molar-refractivity contribution in [3.63, 3.8) is 0 Å². The van der Waals surface area contributed by atoms with Crippen molar-refractivity contribution in [1.82, 2.24) is 19.9 Å². The summed E-state index contributed by atoms with van der Waals surface area (Å²) in [6.45, 7) is 0.753. The molecule has 1 aromatic carbocycles. The van der Waals surface area contributed by atoms with Crippen LogP contribution in [-0.2, 0) is 0 Å². The Labute approximate surface area is 242 Å². The van der Waals surface area contributed by atoms with Crippen LogP contribution in [0.3, 0.4) is 0 Å². The minimum absolute atomic E-state index is 0.753. The molecule has 204 valence electrons. The summed E-state index contributed by atoms with van der Waals surface area (Å²) in [5.74, 6) is 0.916. The van der Waals surface area contributed by atoms with Gasteiger partial charge < -0.3 is 24.7 Å². The summed E-state index contributed by atoms with van der Waals surface area (Å²) in [7, 11) is 0. The van der Waals surface area contributed by atoms with Gasteiger partial charge in [0.05, 0.1) is 6.61 Å². The van der Waals surface area contributed by atoms with E-state index in [2.05, 4.69) is 127 Å². The zero-order chi connectivity index (χ0) is 27.1. The van der Waals surface area contributed by atoms with Crippen molar-refractivity contribution in [3.8, 4) is 16.9 Å². The van der Waals surface area contributed by atoms with Crippen LogP contribution in [0.4, 0.5) is 0 Å². The highest BCUT2D eigenvalue weighted by molar-refractivity contribution is 9.09. The Hall–Kier alpha value is -3.90. The first-order valence-electron chi connectivity index (χ1n) is 14.2. The van der Waals surface area contributed by atoms with Crippen molar-refractivity contribution in [1.29, 1.82) is 0 Å². The van der Waals surface area contributed by atoms with Crippen LogP contribution in [0.5, 0.6) is 5.75 Å². The molecule has 40 heavy (non-hydrogen) atoms. The molecule has 5 aromatic rings. The first-order chi connectivity index (χ1) is 19.7. The monoisotopic (exact) mass is 594 g/mol. The SMILES string of the molecule is BrCCCCCCCCOc1cccc(-c2cc3[nH]c2C=c2ccc([nH]2)=Cc2ccc([nH]2)C=c2ccc([nH]2)=C3)c1. The molecular formula is C34H35BrN4O. The minimum Gasteiger partial charge on any atom is -0.494 e. The summed E-state index contributed by atoms with van der Waals surface area (Å²) < 4.78 is 6.16. The smallest absolute Gasteiger partial charge is 0.119 e. The quantitative estimate of drug-likeness (QED) is 0.124. The van der Waals surface area contributed by atoms with E-state index in [0.717, 1.165) is 79.4 Å². The lowest BCUT2D eigenvalue weighted by atomic mass is 10.0. The third kappa shape index (κ3) is 6.62. The van der Waals surface area contributed by atoms with Crippen molar-refractivity contribution in [2.75, 3.05) is 11.9 Å². The molecule has 0 aliphatic carbocycles. The van der Waals surface area contributed by atoms with Crippen LogP contribution in [0.25, 0.3) is 35.4 Å².